The fourth-order valence-electron chi connectivity index (χ4n) is 1.36. The normalized spacial score (nSPS) is 10.4. The minimum Gasteiger partial charge on any atom is -0.506 e. The van der Waals surface area contributed by atoms with Gasteiger partial charge in [0.2, 0.25) is 0 Å². The molecule has 0 fully saturated rings. The van der Waals surface area contributed by atoms with E-state index < -0.39 is 0 Å². The second kappa shape index (κ2) is 4.50. The SMILES string of the molecule is Oc1cncc(-c2c(Cl)ccc(Cl)c2Cl)c1. The van der Waals surface area contributed by atoms with E-state index in [1.807, 2.05) is 0 Å². The summed E-state index contributed by atoms with van der Waals surface area (Å²) in [6, 6.07) is 4.79. The van der Waals surface area contributed by atoms with Crippen molar-refractivity contribution in [3.8, 4) is 16.9 Å². The highest BCUT2D eigenvalue weighted by atomic mass is 35.5. The predicted octanol–water partition coefficient (Wildman–Crippen LogP) is 4.41. The molecule has 0 amide bonds. The number of aromatic hydroxyl groups is 1. The summed E-state index contributed by atoms with van der Waals surface area (Å²) in [4.78, 5) is 3.86. The molecule has 0 atom stereocenters. The molecule has 0 saturated carbocycles. The molecule has 16 heavy (non-hydrogen) atoms. The van der Waals surface area contributed by atoms with Crippen molar-refractivity contribution < 1.29 is 5.11 Å². The highest BCUT2D eigenvalue weighted by Crippen LogP contribution is 2.39. The number of benzene rings is 1. The molecule has 2 nitrogen and oxygen atoms in total. The van der Waals surface area contributed by atoms with Crippen molar-refractivity contribution in [2.45, 2.75) is 0 Å². The van der Waals surface area contributed by atoms with Gasteiger partial charge in [-0.25, -0.2) is 0 Å². The molecule has 0 spiro atoms. The number of rotatable bonds is 1. The maximum atomic E-state index is 9.34. The molecule has 0 aliphatic rings. The van der Waals surface area contributed by atoms with Crippen molar-refractivity contribution in [3.63, 3.8) is 0 Å². The van der Waals surface area contributed by atoms with Crippen molar-refractivity contribution in [3.05, 3.63) is 45.7 Å². The van der Waals surface area contributed by atoms with Gasteiger partial charge in [-0.3, -0.25) is 4.98 Å². The molecule has 0 bridgehead atoms. The summed E-state index contributed by atoms with van der Waals surface area (Å²) in [6.07, 6.45) is 2.89. The molecule has 0 unspecified atom stereocenters. The minimum atomic E-state index is 0.0459. The zero-order chi connectivity index (χ0) is 11.7. The van der Waals surface area contributed by atoms with E-state index in [2.05, 4.69) is 4.98 Å². The van der Waals surface area contributed by atoms with Gasteiger partial charge in [-0.2, -0.15) is 0 Å². The van der Waals surface area contributed by atoms with Crippen LogP contribution in [0.1, 0.15) is 0 Å². The van der Waals surface area contributed by atoms with Crippen LogP contribution in [0.4, 0.5) is 0 Å². The Labute approximate surface area is 107 Å². The Hall–Kier alpha value is -0.960. The van der Waals surface area contributed by atoms with E-state index in [1.54, 1.807) is 18.3 Å². The molecule has 0 aliphatic heterocycles. The molecule has 0 saturated heterocycles. The molecule has 2 rings (SSSR count). The molecular formula is C11H6Cl3NO. The lowest BCUT2D eigenvalue weighted by Gasteiger charge is -2.08. The largest absolute Gasteiger partial charge is 0.506 e. The molecule has 1 aromatic carbocycles. The van der Waals surface area contributed by atoms with Crippen molar-refractivity contribution in [1.29, 1.82) is 0 Å². The van der Waals surface area contributed by atoms with Crippen molar-refractivity contribution in [1.82, 2.24) is 4.98 Å². The Morgan fingerprint density at radius 2 is 1.69 bits per heavy atom. The second-order valence-electron chi connectivity index (χ2n) is 3.15. The Kier molecular flexibility index (Phi) is 3.24. The maximum absolute atomic E-state index is 9.34. The fourth-order valence-corrected chi connectivity index (χ4v) is 2.10. The third-order valence-electron chi connectivity index (χ3n) is 2.06. The van der Waals surface area contributed by atoms with E-state index >= 15 is 0 Å². The van der Waals surface area contributed by atoms with Crippen LogP contribution in [0.5, 0.6) is 5.75 Å². The number of hydrogen-bond acceptors (Lipinski definition) is 2. The van der Waals surface area contributed by atoms with Gasteiger partial charge in [-0.15, -0.1) is 0 Å². The van der Waals surface area contributed by atoms with Gasteiger partial charge in [-0.05, 0) is 18.2 Å². The summed E-state index contributed by atoms with van der Waals surface area (Å²) in [7, 11) is 0. The van der Waals surface area contributed by atoms with Crippen LogP contribution < -0.4 is 0 Å². The first-order chi connectivity index (χ1) is 7.59. The van der Waals surface area contributed by atoms with E-state index in [0.717, 1.165) is 0 Å². The molecule has 1 heterocycles. The standard InChI is InChI=1S/C11H6Cl3NO/c12-8-1-2-9(13)11(14)10(8)6-3-7(16)5-15-4-6/h1-5,16H. The van der Waals surface area contributed by atoms with Crippen LogP contribution in [0.15, 0.2) is 30.6 Å². The van der Waals surface area contributed by atoms with E-state index in [0.29, 0.717) is 26.2 Å². The Morgan fingerprint density at radius 1 is 1.00 bits per heavy atom. The Balaban J connectivity index is 2.68. The molecule has 2 aromatic rings. The first kappa shape index (κ1) is 11.5. The van der Waals surface area contributed by atoms with Gasteiger partial charge < -0.3 is 5.11 Å². The van der Waals surface area contributed by atoms with Gasteiger partial charge in [0.15, 0.2) is 0 Å². The molecule has 0 radical (unpaired) electrons. The average Bonchev–Trinajstić information content (AvgIpc) is 2.24. The van der Waals surface area contributed by atoms with Crippen LogP contribution in [0.2, 0.25) is 15.1 Å². The molecule has 1 N–H and O–H groups in total. The Morgan fingerprint density at radius 3 is 2.38 bits per heavy atom. The summed E-state index contributed by atoms with van der Waals surface area (Å²) in [6.45, 7) is 0. The molecule has 0 aliphatic carbocycles. The van der Waals surface area contributed by atoms with Gasteiger partial charge in [-0.1, -0.05) is 34.8 Å². The van der Waals surface area contributed by atoms with Crippen LogP contribution in [0, 0.1) is 0 Å². The average molecular weight is 275 g/mol. The first-order valence-electron chi connectivity index (χ1n) is 4.37. The molecule has 82 valence electrons. The number of halogens is 3. The van der Waals surface area contributed by atoms with Gasteiger partial charge in [0, 0.05) is 17.3 Å². The molecule has 5 heteroatoms. The third-order valence-corrected chi connectivity index (χ3v) is 3.18. The highest BCUT2D eigenvalue weighted by Gasteiger charge is 2.12. The van der Waals surface area contributed by atoms with Crippen LogP contribution in [-0.4, -0.2) is 10.1 Å². The van der Waals surface area contributed by atoms with E-state index in [9.17, 15) is 5.11 Å². The zero-order valence-corrected chi connectivity index (χ0v) is 10.2. The minimum absolute atomic E-state index is 0.0459. The maximum Gasteiger partial charge on any atom is 0.134 e. The lowest BCUT2D eigenvalue weighted by Crippen LogP contribution is -1.84. The fraction of sp³-hybridized carbons (Fsp3) is 0. The van der Waals surface area contributed by atoms with E-state index in [-0.39, 0.29) is 5.75 Å². The quantitative estimate of drug-likeness (QED) is 0.781. The van der Waals surface area contributed by atoms with Crippen LogP contribution in [0.25, 0.3) is 11.1 Å². The zero-order valence-electron chi connectivity index (χ0n) is 7.92. The number of nitrogens with zero attached hydrogens (tertiary/aromatic N) is 1. The van der Waals surface area contributed by atoms with Crippen molar-refractivity contribution >= 4 is 34.8 Å². The summed E-state index contributed by atoms with van der Waals surface area (Å²) < 4.78 is 0. The van der Waals surface area contributed by atoms with Gasteiger partial charge in [0.05, 0.1) is 21.3 Å². The monoisotopic (exact) mass is 273 g/mol. The van der Waals surface area contributed by atoms with Crippen LogP contribution in [-0.2, 0) is 0 Å². The predicted molar refractivity (Wildman–Crippen MR) is 66.4 cm³/mol. The highest BCUT2D eigenvalue weighted by molar-refractivity contribution is 6.46. The number of pyridine rings is 1. The lowest BCUT2D eigenvalue weighted by molar-refractivity contribution is 0.473. The van der Waals surface area contributed by atoms with Gasteiger partial charge in [0.1, 0.15) is 5.75 Å². The topological polar surface area (TPSA) is 33.1 Å². The third kappa shape index (κ3) is 2.09. The molecule has 1 aromatic heterocycles. The Bertz CT molecular complexity index is 543. The first-order valence-corrected chi connectivity index (χ1v) is 5.51. The van der Waals surface area contributed by atoms with Crippen LogP contribution in [0.3, 0.4) is 0 Å². The summed E-state index contributed by atoms with van der Waals surface area (Å²) in [5, 5.41) is 10.6. The smallest absolute Gasteiger partial charge is 0.134 e. The van der Waals surface area contributed by atoms with E-state index in [1.165, 1.54) is 12.3 Å². The lowest BCUT2D eigenvalue weighted by atomic mass is 10.1. The van der Waals surface area contributed by atoms with E-state index in [4.69, 9.17) is 34.8 Å². The van der Waals surface area contributed by atoms with Crippen molar-refractivity contribution in [2.75, 3.05) is 0 Å². The summed E-state index contributed by atoms with van der Waals surface area (Å²) >= 11 is 18.0. The van der Waals surface area contributed by atoms with Crippen molar-refractivity contribution in [2.24, 2.45) is 0 Å². The summed E-state index contributed by atoms with van der Waals surface area (Å²) in [5.41, 5.74) is 1.19. The van der Waals surface area contributed by atoms with Gasteiger partial charge in [0.25, 0.3) is 0 Å². The summed E-state index contributed by atoms with van der Waals surface area (Å²) in [5.74, 6) is 0.0459. The number of hydrogen-bond donors (Lipinski definition) is 1. The van der Waals surface area contributed by atoms with Crippen LogP contribution >= 0.6 is 34.8 Å². The number of aromatic nitrogens is 1. The molecular weight excluding hydrogens is 268 g/mol. The van der Waals surface area contributed by atoms with Gasteiger partial charge >= 0.3 is 0 Å². The second-order valence-corrected chi connectivity index (χ2v) is 4.34.